The van der Waals surface area contributed by atoms with Crippen LogP contribution in [0.1, 0.15) is 16.7 Å². The summed E-state index contributed by atoms with van der Waals surface area (Å²) in [5, 5.41) is 3.74. The van der Waals surface area contributed by atoms with E-state index >= 15 is 0 Å². The Kier molecular flexibility index (Phi) is 5.56. The first-order valence-electron chi connectivity index (χ1n) is 9.63. The highest BCUT2D eigenvalue weighted by molar-refractivity contribution is 7.92. The fourth-order valence-electron chi connectivity index (χ4n) is 3.19. The third-order valence-electron chi connectivity index (χ3n) is 4.89. The van der Waals surface area contributed by atoms with E-state index < -0.39 is 10.0 Å². The largest absolute Gasteiger partial charge is 0.337 e. The van der Waals surface area contributed by atoms with Gasteiger partial charge in [-0.1, -0.05) is 41.9 Å². The summed E-state index contributed by atoms with van der Waals surface area (Å²) in [4.78, 5) is 9.35. The summed E-state index contributed by atoms with van der Waals surface area (Å²) in [6.45, 7) is 5.53. The molecule has 3 aromatic carbocycles. The van der Waals surface area contributed by atoms with Crippen molar-refractivity contribution < 1.29 is 8.42 Å². The highest BCUT2D eigenvalue weighted by atomic mass is 35.5. The van der Waals surface area contributed by atoms with Crippen LogP contribution in [0.25, 0.3) is 11.0 Å². The lowest BCUT2D eigenvalue weighted by atomic mass is 10.2. The number of aryl methyl sites for hydroxylation is 3. The van der Waals surface area contributed by atoms with Gasteiger partial charge in [-0.3, -0.25) is 4.72 Å². The van der Waals surface area contributed by atoms with Crippen LogP contribution in [-0.4, -0.2) is 18.4 Å². The van der Waals surface area contributed by atoms with Gasteiger partial charge in [0.2, 0.25) is 0 Å². The molecule has 0 unspecified atom stereocenters. The van der Waals surface area contributed by atoms with E-state index in [0.717, 1.165) is 11.1 Å². The number of rotatable bonds is 5. The number of fused-ring (bicyclic) bond motifs is 1. The van der Waals surface area contributed by atoms with Gasteiger partial charge in [-0.25, -0.2) is 18.4 Å². The molecule has 0 radical (unpaired) electrons. The third-order valence-corrected chi connectivity index (χ3v) is 6.60. The van der Waals surface area contributed by atoms with Gasteiger partial charge >= 0.3 is 0 Å². The zero-order chi connectivity index (χ0) is 22.2. The van der Waals surface area contributed by atoms with Gasteiger partial charge in [0.05, 0.1) is 15.9 Å². The molecule has 0 amide bonds. The smallest absolute Gasteiger partial charge is 0.263 e. The average molecular weight is 453 g/mol. The number of hydrogen-bond donors (Lipinski definition) is 2. The maximum Gasteiger partial charge on any atom is 0.263 e. The second-order valence-electron chi connectivity index (χ2n) is 7.37. The van der Waals surface area contributed by atoms with Crippen LogP contribution in [0.15, 0.2) is 65.6 Å². The maximum atomic E-state index is 13.2. The summed E-state index contributed by atoms with van der Waals surface area (Å²) >= 11 is 6.15. The Morgan fingerprint density at radius 2 is 1.45 bits per heavy atom. The Bertz CT molecular complexity index is 1400. The summed E-state index contributed by atoms with van der Waals surface area (Å²) in [5.41, 5.74) is 4.36. The topological polar surface area (TPSA) is 84.0 Å². The summed E-state index contributed by atoms with van der Waals surface area (Å²) in [7, 11) is -3.89. The lowest BCUT2D eigenvalue weighted by molar-refractivity contribution is 0.600. The number of sulfonamides is 1. The molecule has 0 atom stereocenters. The lowest BCUT2D eigenvalue weighted by Crippen LogP contribution is -2.17. The first-order chi connectivity index (χ1) is 14.7. The van der Waals surface area contributed by atoms with Gasteiger partial charge in [-0.05, 0) is 67.8 Å². The summed E-state index contributed by atoms with van der Waals surface area (Å²) < 4.78 is 29.0. The second-order valence-corrected chi connectivity index (χ2v) is 9.46. The number of para-hydroxylation sites is 2. The van der Waals surface area contributed by atoms with Crippen LogP contribution in [0, 0.1) is 20.8 Å². The van der Waals surface area contributed by atoms with E-state index in [4.69, 9.17) is 11.6 Å². The Hall–Kier alpha value is -3.16. The van der Waals surface area contributed by atoms with Crippen molar-refractivity contribution in [3.63, 3.8) is 0 Å². The number of nitrogens with one attached hydrogen (secondary N) is 2. The van der Waals surface area contributed by atoms with Gasteiger partial charge in [0.15, 0.2) is 11.6 Å². The molecule has 1 aromatic heterocycles. The maximum absolute atomic E-state index is 13.2. The normalized spacial score (nSPS) is 11.5. The first kappa shape index (κ1) is 21.1. The number of benzene rings is 3. The van der Waals surface area contributed by atoms with Crippen LogP contribution in [0.2, 0.25) is 5.02 Å². The van der Waals surface area contributed by atoms with Gasteiger partial charge in [0, 0.05) is 10.7 Å². The molecular formula is C23H21ClN4O2S. The van der Waals surface area contributed by atoms with Crippen LogP contribution >= 0.6 is 11.6 Å². The molecule has 1 heterocycles. The van der Waals surface area contributed by atoms with Gasteiger partial charge in [0.1, 0.15) is 0 Å². The van der Waals surface area contributed by atoms with Gasteiger partial charge in [-0.15, -0.1) is 0 Å². The predicted octanol–water partition coefficient (Wildman–Crippen LogP) is 5.75. The van der Waals surface area contributed by atoms with Gasteiger partial charge in [-0.2, -0.15) is 0 Å². The third kappa shape index (κ3) is 4.47. The molecule has 0 aliphatic rings. The molecule has 0 fully saturated rings. The van der Waals surface area contributed by atoms with Crippen LogP contribution in [0.4, 0.5) is 17.3 Å². The molecule has 0 saturated carbocycles. The van der Waals surface area contributed by atoms with E-state index in [-0.39, 0.29) is 16.5 Å². The number of halogens is 1. The molecule has 8 heteroatoms. The van der Waals surface area contributed by atoms with E-state index in [0.29, 0.717) is 27.3 Å². The van der Waals surface area contributed by atoms with Crippen LogP contribution in [0.5, 0.6) is 0 Å². The van der Waals surface area contributed by atoms with Gasteiger partial charge in [0.25, 0.3) is 10.0 Å². The van der Waals surface area contributed by atoms with Crippen molar-refractivity contribution in [3.8, 4) is 0 Å². The van der Waals surface area contributed by atoms with Crippen LogP contribution < -0.4 is 10.0 Å². The van der Waals surface area contributed by atoms with E-state index in [2.05, 4.69) is 20.0 Å². The second kappa shape index (κ2) is 8.17. The van der Waals surface area contributed by atoms with E-state index in [1.807, 2.05) is 44.2 Å². The molecule has 4 rings (SSSR count). The molecule has 6 nitrogen and oxygen atoms in total. The van der Waals surface area contributed by atoms with Crippen molar-refractivity contribution in [2.45, 2.75) is 25.7 Å². The minimum atomic E-state index is -3.89. The predicted molar refractivity (Wildman–Crippen MR) is 126 cm³/mol. The van der Waals surface area contributed by atoms with Crippen molar-refractivity contribution in [2.24, 2.45) is 0 Å². The molecule has 0 bridgehead atoms. The molecule has 0 aliphatic heterocycles. The lowest BCUT2D eigenvalue weighted by Gasteiger charge is -2.16. The fraction of sp³-hybridized carbons (Fsp3) is 0.130. The molecule has 2 N–H and O–H groups in total. The van der Waals surface area contributed by atoms with Crippen molar-refractivity contribution in [1.29, 1.82) is 0 Å². The average Bonchev–Trinajstić information content (AvgIpc) is 2.72. The molecule has 31 heavy (non-hydrogen) atoms. The highest BCUT2D eigenvalue weighted by Crippen LogP contribution is 2.30. The molecular weight excluding hydrogens is 432 g/mol. The van der Waals surface area contributed by atoms with Crippen LogP contribution in [0.3, 0.4) is 0 Å². The molecule has 0 spiro atoms. The van der Waals surface area contributed by atoms with Crippen molar-refractivity contribution in [1.82, 2.24) is 9.97 Å². The molecule has 4 aromatic rings. The Labute approximate surface area is 186 Å². The van der Waals surface area contributed by atoms with Crippen molar-refractivity contribution >= 4 is 50.0 Å². The van der Waals surface area contributed by atoms with E-state index in [1.165, 1.54) is 0 Å². The van der Waals surface area contributed by atoms with E-state index in [1.54, 1.807) is 37.3 Å². The molecule has 0 saturated heterocycles. The Balaban J connectivity index is 1.83. The van der Waals surface area contributed by atoms with Crippen molar-refractivity contribution in [2.75, 3.05) is 10.0 Å². The standard InChI is InChI=1S/C23H21ClN4O2S/c1-14-8-9-16(3)21(12-14)31(29,30)28-23-22(25-18-6-4-5-7-19(18)26-23)27-20-13-17(24)11-10-15(20)2/h4-13H,1-3H3,(H,25,27)(H,26,28). The Morgan fingerprint density at radius 1 is 0.806 bits per heavy atom. The minimum absolute atomic E-state index is 0.110. The highest BCUT2D eigenvalue weighted by Gasteiger charge is 2.21. The molecule has 0 aliphatic carbocycles. The SMILES string of the molecule is Cc1ccc(C)c(S(=O)(=O)Nc2nc3ccccc3nc2Nc2cc(Cl)ccc2C)c1. The summed E-state index contributed by atoms with van der Waals surface area (Å²) in [5.74, 6) is 0.400. The quantitative estimate of drug-likeness (QED) is 0.402. The van der Waals surface area contributed by atoms with Crippen molar-refractivity contribution in [3.05, 3.63) is 82.4 Å². The zero-order valence-corrected chi connectivity index (χ0v) is 18.8. The number of hydrogen-bond acceptors (Lipinski definition) is 5. The van der Waals surface area contributed by atoms with Crippen LogP contribution in [-0.2, 0) is 10.0 Å². The zero-order valence-electron chi connectivity index (χ0n) is 17.3. The number of aromatic nitrogens is 2. The molecule has 158 valence electrons. The number of anilines is 3. The minimum Gasteiger partial charge on any atom is -0.337 e. The number of nitrogens with zero attached hydrogens (tertiary/aromatic N) is 2. The van der Waals surface area contributed by atoms with E-state index in [9.17, 15) is 8.42 Å². The monoisotopic (exact) mass is 452 g/mol. The summed E-state index contributed by atoms with van der Waals surface area (Å²) in [6.07, 6.45) is 0. The van der Waals surface area contributed by atoms with Gasteiger partial charge < -0.3 is 5.32 Å². The fourth-order valence-corrected chi connectivity index (χ4v) is 4.71. The Morgan fingerprint density at radius 3 is 2.16 bits per heavy atom. The first-order valence-corrected chi connectivity index (χ1v) is 11.5. The summed E-state index contributed by atoms with van der Waals surface area (Å²) in [6, 6.07) is 18.0.